The Labute approximate surface area is 211 Å². The number of likely N-dealkylation sites (tertiary alicyclic amines) is 1. The summed E-state index contributed by atoms with van der Waals surface area (Å²) in [4.78, 5) is 19.6. The maximum absolute atomic E-state index is 5.74. The van der Waals surface area contributed by atoms with E-state index in [1.807, 2.05) is 42.2 Å². The quantitative estimate of drug-likeness (QED) is 0.370. The van der Waals surface area contributed by atoms with Gasteiger partial charge in [0.15, 0.2) is 0 Å². The smallest absolute Gasteiger partial charge is 0.146 e. The van der Waals surface area contributed by atoms with Gasteiger partial charge >= 0.3 is 0 Å². The van der Waals surface area contributed by atoms with E-state index in [4.69, 9.17) is 19.7 Å². The van der Waals surface area contributed by atoms with Gasteiger partial charge in [-0.1, -0.05) is 25.1 Å². The first kappa shape index (κ1) is 23.8. The van der Waals surface area contributed by atoms with Gasteiger partial charge in [-0.3, -0.25) is 4.90 Å². The van der Waals surface area contributed by atoms with Crippen LogP contribution in [0.4, 0.5) is 5.82 Å². The molecule has 1 N–H and O–H groups in total. The number of fused-ring (bicyclic) bond motifs is 1. The molecule has 7 nitrogen and oxygen atoms in total. The summed E-state index contributed by atoms with van der Waals surface area (Å²) in [6.07, 6.45) is 6.27. The zero-order valence-corrected chi connectivity index (χ0v) is 22.0. The Bertz CT molecular complexity index is 1320. The standard InChI is InChI=1S/C27H34N6OS/c1-17-10-13-33(14-11-17)16-22-29-25(23-18(2)19(3)35-27(23)30-22)31-24(26-28-12-15-32(26)4)20-8-6-7-9-21(20)34-5/h6-9,12,15,17,24H,10-11,13-14,16H2,1-5H3,(H,29,30,31). The number of ether oxygens (including phenoxy) is 1. The van der Waals surface area contributed by atoms with E-state index in [-0.39, 0.29) is 6.04 Å². The molecule has 0 spiro atoms. The number of benzene rings is 1. The number of piperidine rings is 1. The molecule has 0 bridgehead atoms. The molecule has 1 fully saturated rings. The number of hydrogen-bond donors (Lipinski definition) is 1. The Kier molecular flexibility index (Phi) is 6.75. The highest BCUT2D eigenvalue weighted by atomic mass is 32.1. The zero-order chi connectivity index (χ0) is 24.5. The Morgan fingerprint density at radius 1 is 1.17 bits per heavy atom. The highest BCUT2D eigenvalue weighted by molar-refractivity contribution is 7.18. The molecule has 184 valence electrons. The number of aromatic nitrogens is 4. The lowest BCUT2D eigenvalue weighted by atomic mass is 9.99. The number of methoxy groups -OCH3 is 1. The molecule has 0 radical (unpaired) electrons. The van der Waals surface area contributed by atoms with Crippen molar-refractivity contribution in [1.82, 2.24) is 24.4 Å². The zero-order valence-electron chi connectivity index (χ0n) is 21.2. The van der Waals surface area contributed by atoms with E-state index in [1.54, 1.807) is 18.4 Å². The van der Waals surface area contributed by atoms with Gasteiger partial charge in [0.1, 0.15) is 34.1 Å². The third-order valence-corrected chi connectivity index (χ3v) is 8.27. The second kappa shape index (κ2) is 9.95. The lowest BCUT2D eigenvalue weighted by molar-refractivity contribution is 0.181. The van der Waals surface area contributed by atoms with Gasteiger partial charge in [0.05, 0.1) is 19.0 Å². The predicted molar refractivity (Wildman–Crippen MR) is 142 cm³/mol. The summed E-state index contributed by atoms with van der Waals surface area (Å²) < 4.78 is 7.78. The number of imidazole rings is 1. The average molecular weight is 491 g/mol. The van der Waals surface area contributed by atoms with Crippen LogP contribution in [0.3, 0.4) is 0 Å². The molecule has 1 saturated heterocycles. The Morgan fingerprint density at radius 3 is 2.66 bits per heavy atom. The first-order chi connectivity index (χ1) is 16.9. The van der Waals surface area contributed by atoms with Crippen LogP contribution in [-0.4, -0.2) is 44.6 Å². The monoisotopic (exact) mass is 490 g/mol. The fourth-order valence-corrected chi connectivity index (χ4v) is 5.92. The molecule has 3 aromatic heterocycles. The lowest BCUT2D eigenvalue weighted by Crippen LogP contribution is -2.33. The topological polar surface area (TPSA) is 68.1 Å². The van der Waals surface area contributed by atoms with Crippen molar-refractivity contribution in [3.8, 4) is 5.75 Å². The largest absolute Gasteiger partial charge is 0.496 e. The molecule has 1 atom stereocenters. The van der Waals surface area contributed by atoms with Crippen LogP contribution in [0.15, 0.2) is 36.7 Å². The summed E-state index contributed by atoms with van der Waals surface area (Å²) >= 11 is 1.75. The van der Waals surface area contributed by atoms with Crippen molar-refractivity contribution in [2.24, 2.45) is 13.0 Å². The fraction of sp³-hybridized carbons (Fsp3) is 0.444. The third-order valence-electron chi connectivity index (χ3n) is 7.16. The van der Waals surface area contributed by atoms with Crippen molar-refractivity contribution < 1.29 is 4.74 Å². The van der Waals surface area contributed by atoms with Gasteiger partial charge in [0.2, 0.25) is 0 Å². The van der Waals surface area contributed by atoms with E-state index in [2.05, 4.69) is 37.1 Å². The number of thiophene rings is 1. The van der Waals surface area contributed by atoms with Gasteiger partial charge in [0, 0.05) is 29.9 Å². The number of aryl methyl sites for hydroxylation is 3. The minimum atomic E-state index is -0.229. The van der Waals surface area contributed by atoms with Crippen LogP contribution >= 0.6 is 11.3 Å². The summed E-state index contributed by atoms with van der Waals surface area (Å²) in [7, 11) is 3.73. The molecule has 1 unspecified atom stereocenters. The van der Waals surface area contributed by atoms with E-state index in [9.17, 15) is 0 Å². The van der Waals surface area contributed by atoms with Crippen molar-refractivity contribution in [1.29, 1.82) is 0 Å². The van der Waals surface area contributed by atoms with Crippen LogP contribution in [0.5, 0.6) is 5.75 Å². The molecular formula is C27H34N6OS. The van der Waals surface area contributed by atoms with Gasteiger partial charge in [-0.25, -0.2) is 15.0 Å². The molecule has 0 saturated carbocycles. The second-order valence-corrected chi connectivity index (χ2v) is 10.8. The summed E-state index contributed by atoms with van der Waals surface area (Å²) in [5, 5.41) is 4.86. The average Bonchev–Trinajstić information content (AvgIpc) is 3.41. The molecule has 8 heteroatoms. The summed E-state index contributed by atoms with van der Waals surface area (Å²) in [5.41, 5.74) is 2.25. The number of nitrogens with zero attached hydrogens (tertiary/aromatic N) is 5. The summed E-state index contributed by atoms with van der Waals surface area (Å²) in [6, 6.07) is 7.88. The van der Waals surface area contributed by atoms with Crippen LogP contribution in [0.25, 0.3) is 10.2 Å². The highest BCUT2D eigenvalue weighted by Crippen LogP contribution is 2.37. The predicted octanol–water partition coefficient (Wildman–Crippen LogP) is 5.48. The first-order valence-electron chi connectivity index (χ1n) is 12.3. The van der Waals surface area contributed by atoms with E-state index in [0.29, 0.717) is 0 Å². The molecular weight excluding hydrogens is 456 g/mol. The van der Waals surface area contributed by atoms with Crippen molar-refractivity contribution in [2.75, 3.05) is 25.5 Å². The molecule has 0 amide bonds. The van der Waals surface area contributed by atoms with Crippen LogP contribution < -0.4 is 10.1 Å². The lowest BCUT2D eigenvalue weighted by Gasteiger charge is -2.29. The maximum Gasteiger partial charge on any atom is 0.146 e. The fourth-order valence-electron chi connectivity index (χ4n) is 4.87. The molecule has 4 aromatic rings. The Hall–Kier alpha value is -2.97. The third kappa shape index (κ3) is 4.77. The number of hydrogen-bond acceptors (Lipinski definition) is 7. The van der Waals surface area contributed by atoms with Crippen LogP contribution in [-0.2, 0) is 13.6 Å². The molecule has 1 aromatic carbocycles. The van der Waals surface area contributed by atoms with Crippen molar-refractivity contribution >= 4 is 27.4 Å². The van der Waals surface area contributed by atoms with Gasteiger partial charge in [-0.15, -0.1) is 11.3 Å². The van der Waals surface area contributed by atoms with E-state index < -0.39 is 0 Å². The van der Waals surface area contributed by atoms with Crippen LogP contribution in [0.2, 0.25) is 0 Å². The van der Waals surface area contributed by atoms with Crippen molar-refractivity contribution in [3.63, 3.8) is 0 Å². The Balaban J connectivity index is 1.59. The normalized spacial score (nSPS) is 16.0. The van der Waals surface area contributed by atoms with Crippen molar-refractivity contribution in [3.05, 3.63) is 64.3 Å². The minimum Gasteiger partial charge on any atom is -0.496 e. The van der Waals surface area contributed by atoms with Gasteiger partial charge in [0.25, 0.3) is 0 Å². The summed E-state index contributed by atoms with van der Waals surface area (Å²) in [5.74, 6) is 4.25. The minimum absolute atomic E-state index is 0.229. The second-order valence-electron chi connectivity index (χ2n) is 9.63. The van der Waals surface area contributed by atoms with Gasteiger partial charge < -0.3 is 14.6 Å². The molecule has 1 aliphatic rings. The van der Waals surface area contributed by atoms with E-state index in [0.717, 1.165) is 64.5 Å². The number of anilines is 1. The van der Waals surface area contributed by atoms with E-state index in [1.165, 1.54) is 23.3 Å². The van der Waals surface area contributed by atoms with Gasteiger partial charge in [-0.2, -0.15) is 0 Å². The van der Waals surface area contributed by atoms with E-state index >= 15 is 0 Å². The van der Waals surface area contributed by atoms with Crippen LogP contribution in [0, 0.1) is 19.8 Å². The Morgan fingerprint density at radius 2 is 1.94 bits per heavy atom. The molecule has 4 heterocycles. The number of nitrogens with one attached hydrogen (secondary N) is 1. The number of para-hydroxylation sites is 1. The molecule has 5 rings (SSSR count). The highest BCUT2D eigenvalue weighted by Gasteiger charge is 2.25. The molecule has 35 heavy (non-hydrogen) atoms. The first-order valence-corrected chi connectivity index (χ1v) is 13.1. The molecule has 1 aliphatic heterocycles. The van der Waals surface area contributed by atoms with Gasteiger partial charge in [-0.05, 0) is 57.3 Å². The molecule has 0 aliphatic carbocycles. The number of rotatable bonds is 7. The maximum atomic E-state index is 5.74. The summed E-state index contributed by atoms with van der Waals surface area (Å²) in [6.45, 7) is 9.64. The SMILES string of the molecule is COc1ccccc1C(Nc1nc(CN2CCC(C)CC2)nc2sc(C)c(C)c12)c1nccn1C. The van der Waals surface area contributed by atoms with Crippen LogP contribution in [0.1, 0.15) is 53.5 Å². The van der Waals surface area contributed by atoms with Crippen molar-refractivity contribution in [2.45, 2.75) is 46.2 Å².